The molecule has 0 aliphatic heterocycles. The lowest BCUT2D eigenvalue weighted by molar-refractivity contribution is -0.139. The van der Waals surface area contributed by atoms with Gasteiger partial charge < -0.3 is 14.0 Å². The number of methoxy groups -OCH3 is 1. The van der Waals surface area contributed by atoms with Crippen LogP contribution in [0.25, 0.3) is 17.4 Å². The van der Waals surface area contributed by atoms with E-state index in [-0.39, 0.29) is 6.61 Å². The molecule has 0 aliphatic carbocycles. The maximum absolute atomic E-state index is 11.8. The molecule has 0 radical (unpaired) electrons. The van der Waals surface area contributed by atoms with Crippen molar-refractivity contribution in [1.29, 1.82) is 0 Å². The second-order valence-electron chi connectivity index (χ2n) is 5.26. The van der Waals surface area contributed by atoms with Gasteiger partial charge in [-0.05, 0) is 23.8 Å². The second-order valence-corrected chi connectivity index (χ2v) is 5.26. The number of hydrogen-bond donors (Lipinski definition) is 0. The van der Waals surface area contributed by atoms with Crippen molar-refractivity contribution in [2.75, 3.05) is 7.11 Å². The second kappa shape index (κ2) is 7.97. The summed E-state index contributed by atoms with van der Waals surface area (Å²) in [5, 5.41) is 3.91. The Labute approximate surface area is 145 Å². The summed E-state index contributed by atoms with van der Waals surface area (Å²) in [4.78, 5) is 11.8. The SMILES string of the molecule is COc1ccc(/C=C/C(=O)OCc2cc(-c3ccccc3)on2)cc1. The molecule has 0 N–H and O–H groups in total. The van der Waals surface area contributed by atoms with Crippen molar-refractivity contribution in [2.24, 2.45) is 0 Å². The maximum atomic E-state index is 11.8. The van der Waals surface area contributed by atoms with Gasteiger partial charge in [0, 0.05) is 17.7 Å². The molecular weight excluding hydrogens is 318 g/mol. The summed E-state index contributed by atoms with van der Waals surface area (Å²) in [6.45, 7) is 0.0577. The molecule has 0 spiro atoms. The summed E-state index contributed by atoms with van der Waals surface area (Å²) >= 11 is 0. The van der Waals surface area contributed by atoms with E-state index >= 15 is 0 Å². The summed E-state index contributed by atoms with van der Waals surface area (Å²) in [5.74, 6) is 0.959. The van der Waals surface area contributed by atoms with Gasteiger partial charge in [0.25, 0.3) is 0 Å². The first kappa shape index (κ1) is 16.5. The van der Waals surface area contributed by atoms with Crippen molar-refractivity contribution in [3.8, 4) is 17.1 Å². The molecule has 0 saturated carbocycles. The standard InChI is InChI=1S/C20H17NO4/c1-23-18-10-7-15(8-11-18)9-12-20(22)24-14-17-13-19(25-21-17)16-5-3-2-4-6-16/h2-13H,14H2,1H3/b12-9+. The van der Waals surface area contributed by atoms with Gasteiger partial charge in [0.1, 0.15) is 18.1 Å². The zero-order chi connectivity index (χ0) is 17.5. The van der Waals surface area contributed by atoms with Gasteiger partial charge in [0.15, 0.2) is 5.76 Å². The largest absolute Gasteiger partial charge is 0.497 e. The predicted molar refractivity (Wildman–Crippen MR) is 93.8 cm³/mol. The van der Waals surface area contributed by atoms with Crippen LogP contribution in [0.5, 0.6) is 5.75 Å². The number of hydrogen-bond acceptors (Lipinski definition) is 5. The van der Waals surface area contributed by atoms with Crippen LogP contribution in [0.3, 0.4) is 0 Å². The lowest BCUT2D eigenvalue weighted by Crippen LogP contribution is -2.00. The molecule has 1 aromatic heterocycles. The molecule has 0 atom stereocenters. The first-order valence-electron chi connectivity index (χ1n) is 7.74. The molecule has 0 saturated heterocycles. The summed E-state index contributed by atoms with van der Waals surface area (Å²) in [6, 6.07) is 18.7. The van der Waals surface area contributed by atoms with Crippen LogP contribution >= 0.6 is 0 Å². The monoisotopic (exact) mass is 335 g/mol. The Morgan fingerprint density at radius 2 is 1.88 bits per heavy atom. The van der Waals surface area contributed by atoms with Gasteiger partial charge in [-0.3, -0.25) is 0 Å². The fourth-order valence-corrected chi connectivity index (χ4v) is 2.19. The highest BCUT2D eigenvalue weighted by molar-refractivity contribution is 5.87. The number of aromatic nitrogens is 1. The number of benzene rings is 2. The average molecular weight is 335 g/mol. The topological polar surface area (TPSA) is 61.6 Å². The zero-order valence-electron chi connectivity index (χ0n) is 13.7. The van der Waals surface area contributed by atoms with Crippen LogP contribution in [0, 0.1) is 0 Å². The average Bonchev–Trinajstić information content (AvgIpc) is 3.15. The van der Waals surface area contributed by atoms with Gasteiger partial charge >= 0.3 is 5.97 Å². The Morgan fingerprint density at radius 1 is 1.12 bits per heavy atom. The van der Waals surface area contributed by atoms with Gasteiger partial charge in [-0.15, -0.1) is 0 Å². The normalized spacial score (nSPS) is 10.8. The van der Waals surface area contributed by atoms with Gasteiger partial charge in [0.05, 0.1) is 7.11 Å². The van der Waals surface area contributed by atoms with Crippen molar-refractivity contribution in [3.63, 3.8) is 0 Å². The van der Waals surface area contributed by atoms with E-state index in [2.05, 4.69) is 5.16 Å². The number of esters is 1. The summed E-state index contributed by atoms with van der Waals surface area (Å²) in [5.41, 5.74) is 2.36. The highest BCUT2D eigenvalue weighted by Gasteiger charge is 2.08. The van der Waals surface area contributed by atoms with Crippen molar-refractivity contribution < 1.29 is 18.8 Å². The summed E-state index contributed by atoms with van der Waals surface area (Å²) in [6.07, 6.45) is 3.06. The Bertz CT molecular complexity index is 851. The Kier molecular flexibility index (Phi) is 5.26. The van der Waals surface area contributed by atoms with E-state index in [1.807, 2.05) is 54.6 Å². The molecule has 0 amide bonds. The van der Waals surface area contributed by atoms with E-state index in [4.69, 9.17) is 14.0 Å². The third-order valence-electron chi connectivity index (χ3n) is 3.51. The van der Waals surface area contributed by atoms with E-state index in [1.54, 1.807) is 19.3 Å². The lowest BCUT2D eigenvalue weighted by Gasteiger charge is -1.99. The van der Waals surface area contributed by atoms with Gasteiger partial charge in [-0.25, -0.2) is 4.79 Å². The van der Waals surface area contributed by atoms with E-state index in [0.29, 0.717) is 11.5 Å². The first-order valence-corrected chi connectivity index (χ1v) is 7.74. The summed E-state index contributed by atoms with van der Waals surface area (Å²) < 4.78 is 15.5. The number of rotatable bonds is 6. The van der Waals surface area contributed by atoms with Crippen LogP contribution in [-0.4, -0.2) is 18.2 Å². The van der Waals surface area contributed by atoms with Crippen LogP contribution in [0.1, 0.15) is 11.3 Å². The van der Waals surface area contributed by atoms with Gasteiger partial charge in [-0.1, -0.05) is 47.6 Å². The van der Waals surface area contributed by atoms with Crippen molar-refractivity contribution in [2.45, 2.75) is 6.61 Å². The predicted octanol–water partition coefficient (Wildman–Crippen LogP) is 4.11. The molecule has 5 heteroatoms. The Morgan fingerprint density at radius 3 is 2.60 bits per heavy atom. The molecule has 0 fully saturated rings. The zero-order valence-corrected chi connectivity index (χ0v) is 13.7. The quantitative estimate of drug-likeness (QED) is 0.501. The minimum Gasteiger partial charge on any atom is -0.497 e. The molecule has 126 valence electrons. The molecule has 0 aliphatic rings. The van der Waals surface area contributed by atoms with Gasteiger partial charge in [-0.2, -0.15) is 0 Å². The lowest BCUT2D eigenvalue weighted by atomic mass is 10.2. The van der Waals surface area contributed by atoms with E-state index in [0.717, 1.165) is 16.9 Å². The summed E-state index contributed by atoms with van der Waals surface area (Å²) in [7, 11) is 1.61. The highest BCUT2D eigenvalue weighted by atomic mass is 16.5. The number of ether oxygens (including phenoxy) is 2. The smallest absolute Gasteiger partial charge is 0.331 e. The molecular formula is C20H17NO4. The Balaban J connectivity index is 1.53. The molecule has 25 heavy (non-hydrogen) atoms. The Hall–Kier alpha value is -3.34. The third kappa shape index (κ3) is 4.57. The van der Waals surface area contributed by atoms with Crippen LogP contribution in [0.2, 0.25) is 0 Å². The van der Waals surface area contributed by atoms with E-state index < -0.39 is 5.97 Å². The maximum Gasteiger partial charge on any atom is 0.331 e. The molecule has 5 nitrogen and oxygen atoms in total. The third-order valence-corrected chi connectivity index (χ3v) is 3.51. The number of carbonyl (C=O) groups excluding carboxylic acids is 1. The molecule has 3 aromatic rings. The number of carbonyl (C=O) groups is 1. The minimum absolute atomic E-state index is 0.0577. The van der Waals surface area contributed by atoms with Crippen LogP contribution < -0.4 is 4.74 Å². The van der Waals surface area contributed by atoms with Crippen LogP contribution in [0.15, 0.2) is 71.3 Å². The van der Waals surface area contributed by atoms with Crippen molar-refractivity contribution in [1.82, 2.24) is 5.16 Å². The fraction of sp³-hybridized carbons (Fsp3) is 0.100. The molecule has 0 unspecified atom stereocenters. The van der Waals surface area contributed by atoms with Gasteiger partial charge in [0.2, 0.25) is 0 Å². The van der Waals surface area contributed by atoms with Crippen molar-refractivity contribution >= 4 is 12.0 Å². The van der Waals surface area contributed by atoms with Crippen LogP contribution in [-0.2, 0) is 16.1 Å². The van der Waals surface area contributed by atoms with E-state index in [9.17, 15) is 4.79 Å². The fourth-order valence-electron chi connectivity index (χ4n) is 2.19. The number of nitrogens with zero attached hydrogens (tertiary/aromatic N) is 1. The molecule has 1 heterocycles. The van der Waals surface area contributed by atoms with Crippen LogP contribution in [0.4, 0.5) is 0 Å². The first-order chi connectivity index (χ1) is 12.2. The molecule has 3 rings (SSSR count). The van der Waals surface area contributed by atoms with Crippen molar-refractivity contribution in [3.05, 3.63) is 78.0 Å². The molecule has 2 aromatic carbocycles. The van der Waals surface area contributed by atoms with E-state index in [1.165, 1.54) is 6.08 Å². The molecule has 0 bridgehead atoms. The highest BCUT2D eigenvalue weighted by Crippen LogP contribution is 2.20. The minimum atomic E-state index is -0.444.